The van der Waals surface area contributed by atoms with Crippen molar-refractivity contribution in [2.45, 2.75) is 31.5 Å². The topological polar surface area (TPSA) is 49.8 Å². The Balaban J connectivity index is 1.92. The molecule has 1 N–H and O–H groups in total. The van der Waals surface area contributed by atoms with E-state index in [2.05, 4.69) is 0 Å². The van der Waals surface area contributed by atoms with Crippen LogP contribution in [0.3, 0.4) is 0 Å². The molecule has 5 heteroatoms. The molecule has 4 nitrogen and oxygen atoms in total. The van der Waals surface area contributed by atoms with Gasteiger partial charge in [0, 0.05) is 24.4 Å². The number of carbonyl (C=O) groups excluding carboxylic acids is 1. The van der Waals surface area contributed by atoms with Crippen molar-refractivity contribution < 1.29 is 19.0 Å². The fraction of sp³-hybridized carbons (Fsp3) is 0.500. The van der Waals surface area contributed by atoms with Gasteiger partial charge in [0.05, 0.1) is 6.10 Å². The van der Waals surface area contributed by atoms with Crippen LogP contribution in [0.15, 0.2) is 18.2 Å². The van der Waals surface area contributed by atoms with Gasteiger partial charge >= 0.3 is 0 Å². The molecular formula is C14H16FNO3. The summed E-state index contributed by atoms with van der Waals surface area (Å²) in [6, 6.07) is 4.17. The zero-order chi connectivity index (χ0) is 13.4. The van der Waals surface area contributed by atoms with Crippen LogP contribution in [-0.4, -0.2) is 30.3 Å². The highest BCUT2D eigenvalue weighted by atomic mass is 19.1. The van der Waals surface area contributed by atoms with Crippen LogP contribution in [0.25, 0.3) is 0 Å². The Bertz CT molecular complexity index is 499. The van der Waals surface area contributed by atoms with Gasteiger partial charge in [0.1, 0.15) is 11.9 Å². The van der Waals surface area contributed by atoms with Gasteiger partial charge in [-0.05, 0) is 37.5 Å². The van der Waals surface area contributed by atoms with Crippen molar-refractivity contribution in [3.05, 3.63) is 29.6 Å². The number of hydrogen-bond donors (Lipinski definition) is 1. The largest absolute Gasteiger partial charge is 0.388 e. The predicted octanol–water partition coefficient (Wildman–Crippen LogP) is 1.77. The van der Waals surface area contributed by atoms with E-state index < -0.39 is 18.0 Å². The van der Waals surface area contributed by atoms with E-state index in [9.17, 15) is 14.3 Å². The maximum atomic E-state index is 13.3. The molecule has 0 aromatic heterocycles. The van der Waals surface area contributed by atoms with Crippen LogP contribution in [0.5, 0.6) is 0 Å². The highest BCUT2D eigenvalue weighted by Gasteiger charge is 2.33. The second kappa shape index (κ2) is 4.90. The van der Waals surface area contributed by atoms with Crippen LogP contribution in [0, 0.1) is 5.82 Å². The molecule has 2 aliphatic heterocycles. The molecule has 0 spiro atoms. The van der Waals surface area contributed by atoms with Gasteiger partial charge in [-0.2, -0.15) is 0 Å². The summed E-state index contributed by atoms with van der Waals surface area (Å²) in [5.74, 6) is -0.485. The van der Waals surface area contributed by atoms with Crippen molar-refractivity contribution in [1.82, 2.24) is 0 Å². The Hall–Kier alpha value is -1.46. The molecule has 0 bridgehead atoms. The third-order valence-corrected chi connectivity index (χ3v) is 3.74. The normalized spacial score (nSPS) is 26.3. The number of fused-ring (bicyclic) bond motifs is 1. The Morgan fingerprint density at radius 2 is 2.26 bits per heavy atom. The molecule has 0 aliphatic carbocycles. The molecule has 0 saturated carbocycles. The standard InChI is InChI=1S/C14H16FNO3/c15-9-3-4-11-10(8-9)12(17)5-6-16(11)14(18)13-2-1-7-19-13/h3-4,8,12-13,17H,1-2,5-7H2. The Labute approximate surface area is 110 Å². The Kier molecular flexibility index (Phi) is 3.24. The summed E-state index contributed by atoms with van der Waals surface area (Å²) in [6.07, 6.45) is 0.944. The molecular weight excluding hydrogens is 249 g/mol. The molecule has 1 amide bonds. The van der Waals surface area contributed by atoms with E-state index in [1.54, 1.807) is 11.0 Å². The molecule has 1 aromatic rings. The monoisotopic (exact) mass is 265 g/mol. The van der Waals surface area contributed by atoms with Gasteiger partial charge in [0.25, 0.3) is 5.91 Å². The number of hydrogen-bond acceptors (Lipinski definition) is 3. The van der Waals surface area contributed by atoms with Gasteiger partial charge in [-0.15, -0.1) is 0 Å². The van der Waals surface area contributed by atoms with E-state index in [-0.39, 0.29) is 5.91 Å². The number of anilines is 1. The lowest BCUT2D eigenvalue weighted by molar-refractivity contribution is -0.127. The third-order valence-electron chi connectivity index (χ3n) is 3.74. The first-order valence-electron chi connectivity index (χ1n) is 6.57. The molecule has 2 atom stereocenters. The van der Waals surface area contributed by atoms with E-state index in [1.165, 1.54) is 12.1 Å². The summed E-state index contributed by atoms with van der Waals surface area (Å²) in [6.45, 7) is 1.06. The zero-order valence-corrected chi connectivity index (χ0v) is 10.5. The summed E-state index contributed by atoms with van der Waals surface area (Å²) in [5, 5.41) is 9.91. The van der Waals surface area contributed by atoms with Crippen LogP contribution in [0.2, 0.25) is 0 Å². The first-order chi connectivity index (χ1) is 9.16. The summed E-state index contributed by atoms with van der Waals surface area (Å²) < 4.78 is 18.7. The summed E-state index contributed by atoms with van der Waals surface area (Å²) >= 11 is 0. The maximum absolute atomic E-state index is 13.3. The van der Waals surface area contributed by atoms with E-state index in [4.69, 9.17) is 4.74 Å². The molecule has 2 unspecified atom stereocenters. The van der Waals surface area contributed by atoms with Crippen molar-refractivity contribution in [3.8, 4) is 0 Å². The number of nitrogens with zero attached hydrogens (tertiary/aromatic N) is 1. The molecule has 19 heavy (non-hydrogen) atoms. The molecule has 2 aliphatic rings. The van der Waals surface area contributed by atoms with E-state index >= 15 is 0 Å². The first-order valence-corrected chi connectivity index (χ1v) is 6.57. The second-order valence-corrected chi connectivity index (χ2v) is 5.00. The lowest BCUT2D eigenvalue weighted by atomic mass is 9.98. The van der Waals surface area contributed by atoms with Gasteiger partial charge in [0.2, 0.25) is 0 Å². The highest BCUT2D eigenvalue weighted by Crippen LogP contribution is 2.35. The smallest absolute Gasteiger partial charge is 0.256 e. The number of aliphatic hydroxyl groups excluding tert-OH is 1. The minimum absolute atomic E-state index is 0.0859. The van der Waals surface area contributed by atoms with Crippen molar-refractivity contribution in [2.24, 2.45) is 0 Å². The molecule has 1 fully saturated rings. The summed E-state index contributed by atoms with van der Waals surface area (Å²) in [4.78, 5) is 14.0. The quantitative estimate of drug-likeness (QED) is 0.842. The van der Waals surface area contributed by atoms with Gasteiger partial charge in [-0.3, -0.25) is 4.79 Å². The average Bonchev–Trinajstić information content (AvgIpc) is 2.93. The number of carbonyl (C=O) groups is 1. The van der Waals surface area contributed by atoms with Crippen LogP contribution in [0.1, 0.15) is 30.9 Å². The maximum Gasteiger partial charge on any atom is 0.256 e. The van der Waals surface area contributed by atoms with Crippen LogP contribution < -0.4 is 4.90 Å². The molecule has 1 aromatic carbocycles. The van der Waals surface area contributed by atoms with Crippen molar-refractivity contribution in [3.63, 3.8) is 0 Å². The minimum Gasteiger partial charge on any atom is -0.388 e. The van der Waals surface area contributed by atoms with Crippen LogP contribution >= 0.6 is 0 Å². The second-order valence-electron chi connectivity index (χ2n) is 5.00. The minimum atomic E-state index is -0.709. The lowest BCUT2D eigenvalue weighted by Gasteiger charge is -2.33. The highest BCUT2D eigenvalue weighted by molar-refractivity contribution is 5.97. The summed E-state index contributed by atoms with van der Waals surface area (Å²) in [5.41, 5.74) is 1.08. The van der Waals surface area contributed by atoms with Crippen molar-refractivity contribution >= 4 is 11.6 Å². The number of benzene rings is 1. The van der Waals surface area contributed by atoms with Gasteiger partial charge in [0.15, 0.2) is 0 Å². The Morgan fingerprint density at radius 3 is 3.00 bits per heavy atom. The van der Waals surface area contributed by atoms with E-state index in [1.807, 2.05) is 0 Å². The SMILES string of the molecule is O=C(C1CCCO1)N1CCC(O)c2cc(F)ccc21. The predicted molar refractivity (Wildman–Crippen MR) is 67.3 cm³/mol. The third kappa shape index (κ3) is 2.24. The number of halogens is 1. The van der Waals surface area contributed by atoms with Gasteiger partial charge in [-0.25, -0.2) is 4.39 Å². The molecule has 102 valence electrons. The first kappa shape index (κ1) is 12.6. The van der Waals surface area contributed by atoms with Gasteiger partial charge in [-0.1, -0.05) is 0 Å². The molecule has 0 radical (unpaired) electrons. The fourth-order valence-corrected chi connectivity index (χ4v) is 2.74. The average molecular weight is 265 g/mol. The lowest BCUT2D eigenvalue weighted by Crippen LogP contribution is -2.42. The molecule has 2 heterocycles. The summed E-state index contributed by atoms with van der Waals surface area (Å²) in [7, 11) is 0. The fourth-order valence-electron chi connectivity index (χ4n) is 2.74. The van der Waals surface area contributed by atoms with Crippen molar-refractivity contribution in [1.29, 1.82) is 0 Å². The number of amides is 1. The van der Waals surface area contributed by atoms with Crippen molar-refractivity contribution in [2.75, 3.05) is 18.1 Å². The van der Waals surface area contributed by atoms with Crippen LogP contribution in [-0.2, 0) is 9.53 Å². The number of ether oxygens (including phenoxy) is 1. The van der Waals surface area contributed by atoms with E-state index in [0.717, 1.165) is 12.8 Å². The van der Waals surface area contributed by atoms with Gasteiger partial charge < -0.3 is 14.7 Å². The molecule has 3 rings (SSSR count). The van der Waals surface area contributed by atoms with E-state index in [0.29, 0.717) is 30.8 Å². The molecule has 1 saturated heterocycles. The Morgan fingerprint density at radius 1 is 1.42 bits per heavy atom. The van der Waals surface area contributed by atoms with Crippen LogP contribution in [0.4, 0.5) is 10.1 Å². The number of aliphatic hydroxyl groups is 1. The number of rotatable bonds is 1. The zero-order valence-electron chi connectivity index (χ0n) is 10.5.